The van der Waals surface area contributed by atoms with Gasteiger partial charge in [-0.3, -0.25) is 14.5 Å². The fraction of sp³-hybridized carbons (Fsp3) is 0.571. The number of amides is 1. The number of nitrogens with zero attached hydrogens (tertiary/aromatic N) is 4. The molecule has 0 bridgehead atoms. The third-order valence-corrected chi connectivity index (χ3v) is 3.54. The van der Waals surface area contributed by atoms with Crippen molar-refractivity contribution in [3.63, 3.8) is 0 Å². The number of anilines is 1. The molecule has 1 aliphatic rings. The summed E-state index contributed by atoms with van der Waals surface area (Å²) in [5, 5.41) is 7.73. The highest BCUT2D eigenvalue weighted by Crippen LogP contribution is 2.28. The minimum absolute atomic E-state index is 0.0210. The lowest BCUT2D eigenvalue weighted by molar-refractivity contribution is -0.117. The summed E-state index contributed by atoms with van der Waals surface area (Å²) >= 11 is 2.28. The summed E-state index contributed by atoms with van der Waals surface area (Å²) in [6, 6.07) is 0. The molecule has 1 saturated heterocycles. The van der Waals surface area contributed by atoms with E-state index >= 15 is 0 Å². The van der Waals surface area contributed by atoms with Crippen molar-refractivity contribution in [3.05, 3.63) is 0 Å². The van der Waals surface area contributed by atoms with Gasteiger partial charge in [-0.15, -0.1) is 0 Å². The predicted octanol–water partition coefficient (Wildman–Crippen LogP) is 0.318. The van der Waals surface area contributed by atoms with Gasteiger partial charge in [0.2, 0.25) is 11.0 Å². The van der Waals surface area contributed by atoms with E-state index in [1.165, 1.54) is 23.6 Å². The van der Waals surface area contributed by atoms with E-state index in [9.17, 15) is 9.59 Å². The zero-order valence-electron chi connectivity index (χ0n) is 7.91. The average molecular weight is 244 g/mol. The van der Waals surface area contributed by atoms with E-state index in [-0.39, 0.29) is 16.3 Å². The van der Waals surface area contributed by atoms with Crippen LogP contribution in [0.3, 0.4) is 0 Å². The highest BCUT2D eigenvalue weighted by atomic mass is 32.2. The highest BCUT2D eigenvalue weighted by Gasteiger charge is 2.33. The van der Waals surface area contributed by atoms with Crippen molar-refractivity contribution in [2.24, 2.45) is 0 Å². The lowest BCUT2D eigenvalue weighted by Crippen LogP contribution is -2.24. The first-order valence-electron chi connectivity index (χ1n) is 4.29. The maximum absolute atomic E-state index is 11.6. The van der Waals surface area contributed by atoms with E-state index in [0.717, 1.165) is 11.5 Å². The minimum Gasteiger partial charge on any atom is -0.288 e. The molecule has 2 rings (SSSR count). The number of thioether (sulfide) groups is 1. The topological polar surface area (TPSA) is 76.1 Å². The van der Waals surface area contributed by atoms with Crippen molar-refractivity contribution in [2.75, 3.05) is 11.4 Å². The molecule has 1 unspecified atom stereocenters. The number of aromatic nitrogens is 3. The summed E-state index contributed by atoms with van der Waals surface area (Å²) in [5.74, 6) is -0.0210. The minimum atomic E-state index is -0.0210. The quantitative estimate of drug-likeness (QED) is 0.745. The largest absolute Gasteiger partial charge is 0.288 e. The summed E-state index contributed by atoms with van der Waals surface area (Å²) in [7, 11) is 0. The van der Waals surface area contributed by atoms with Gasteiger partial charge >= 0.3 is 0 Å². The summed E-state index contributed by atoms with van der Waals surface area (Å²) in [6.45, 7) is 2.02. The smallest absolute Gasteiger partial charge is 0.234 e. The van der Waals surface area contributed by atoms with Crippen LogP contribution in [0.15, 0.2) is 0 Å². The molecule has 0 spiro atoms. The molecular formula is C7H8N4O2S2. The van der Waals surface area contributed by atoms with Gasteiger partial charge in [0.05, 0.1) is 0 Å². The average Bonchev–Trinajstić information content (AvgIpc) is 2.72. The first-order valence-corrected chi connectivity index (χ1v) is 5.94. The molecule has 0 aromatic carbocycles. The van der Waals surface area contributed by atoms with Gasteiger partial charge in [-0.05, 0) is 5.21 Å². The molecule has 1 amide bonds. The zero-order chi connectivity index (χ0) is 10.8. The van der Waals surface area contributed by atoms with E-state index in [2.05, 4.69) is 14.8 Å². The van der Waals surface area contributed by atoms with Gasteiger partial charge in [0.15, 0.2) is 5.12 Å². The summed E-state index contributed by atoms with van der Waals surface area (Å²) in [6.07, 6.45) is 0.379. The summed E-state index contributed by atoms with van der Waals surface area (Å²) in [5.41, 5.74) is 0. The second kappa shape index (κ2) is 4.23. The van der Waals surface area contributed by atoms with Crippen LogP contribution in [0, 0.1) is 0 Å². The van der Waals surface area contributed by atoms with Gasteiger partial charge in [-0.2, -0.15) is 0 Å². The van der Waals surface area contributed by atoms with Crippen LogP contribution in [0.4, 0.5) is 5.13 Å². The van der Waals surface area contributed by atoms with Crippen LogP contribution in [0.5, 0.6) is 0 Å². The molecule has 0 saturated carbocycles. The highest BCUT2D eigenvalue weighted by molar-refractivity contribution is 8.14. The van der Waals surface area contributed by atoms with E-state index < -0.39 is 0 Å². The first-order chi connectivity index (χ1) is 7.16. The normalized spacial score (nSPS) is 21.0. The predicted molar refractivity (Wildman–Crippen MR) is 56.7 cm³/mol. The molecule has 15 heavy (non-hydrogen) atoms. The third-order valence-electron chi connectivity index (χ3n) is 1.94. The van der Waals surface area contributed by atoms with Crippen molar-refractivity contribution >= 4 is 39.4 Å². The van der Waals surface area contributed by atoms with E-state index in [4.69, 9.17) is 0 Å². The van der Waals surface area contributed by atoms with Crippen LogP contribution in [-0.2, 0) is 9.59 Å². The van der Waals surface area contributed by atoms with Crippen molar-refractivity contribution < 1.29 is 9.59 Å². The van der Waals surface area contributed by atoms with Gasteiger partial charge in [0, 0.05) is 36.7 Å². The van der Waals surface area contributed by atoms with Gasteiger partial charge in [-0.1, -0.05) is 21.3 Å². The molecule has 1 aliphatic heterocycles. The molecule has 8 heteroatoms. The second-order valence-electron chi connectivity index (χ2n) is 3.08. The molecule has 0 N–H and O–H groups in total. The molecule has 2 heterocycles. The molecule has 0 radical (unpaired) electrons. The SMILES string of the molecule is CC(=O)SC1CC(=O)N(c2nnns2)C1. The van der Waals surface area contributed by atoms with Gasteiger partial charge < -0.3 is 0 Å². The van der Waals surface area contributed by atoms with Gasteiger partial charge in [-0.25, -0.2) is 0 Å². The Labute approximate surface area is 94.2 Å². The maximum Gasteiger partial charge on any atom is 0.234 e. The van der Waals surface area contributed by atoms with Crippen LogP contribution >= 0.6 is 23.3 Å². The van der Waals surface area contributed by atoms with Crippen LogP contribution in [0.1, 0.15) is 13.3 Å². The third kappa shape index (κ3) is 2.32. The van der Waals surface area contributed by atoms with Crippen LogP contribution < -0.4 is 4.90 Å². The Hall–Kier alpha value is -1.02. The number of carbonyl (C=O) groups excluding carboxylic acids is 2. The number of hydrogen-bond acceptors (Lipinski definition) is 7. The van der Waals surface area contributed by atoms with Gasteiger partial charge in [0.25, 0.3) is 0 Å². The van der Waals surface area contributed by atoms with Gasteiger partial charge in [0.1, 0.15) is 0 Å². The Morgan fingerprint density at radius 1 is 1.67 bits per heavy atom. The lowest BCUT2D eigenvalue weighted by atomic mass is 10.4. The fourth-order valence-electron chi connectivity index (χ4n) is 1.41. The molecule has 6 nitrogen and oxygen atoms in total. The standard InChI is InChI=1S/C7H8N4O2S2/c1-4(12)14-5-2-6(13)11(3-5)7-8-9-10-15-7/h5H,2-3H2,1H3. The maximum atomic E-state index is 11.6. The molecule has 0 aliphatic carbocycles. The van der Waals surface area contributed by atoms with E-state index in [1.807, 2.05) is 0 Å². The first kappa shape index (κ1) is 10.5. The Morgan fingerprint density at radius 3 is 3.07 bits per heavy atom. The Kier molecular flexibility index (Phi) is 2.96. The Balaban J connectivity index is 2.05. The van der Waals surface area contributed by atoms with Crippen molar-refractivity contribution in [2.45, 2.75) is 18.6 Å². The van der Waals surface area contributed by atoms with Crippen LogP contribution in [0.2, 0.25) is 0 Å². The van der Waals surface area contributed by atoms with Crippen molar-refractivity contribution in [3.8, 4) is 0 Å². The Bertz CT molecular complexity index is 380. The van der Waals surface area contributed by atoms with Crippen molar-refractivity contribution in [1.29, 1.82) is 0 Å². The second-order valence-corrected chi connectivity index (χ2v) is 5.27. The van der Waals surface area contributed by atoms with Crippen molar-refractivity contribution in [1.82, 2.24) is 14.8 Å². The summed E-state index contributed by atoms with van der Waals surface area (Å²) < 4.78 is 3.60. The lowest BCUT2D eigenvalue weighted by Gasteiger charge is -2.10. The number of hydrogen-bond donors (Lipinski definition) is 0. The molecule has 80 valence electrons. The van der Waals surface area contributed by atoms with Crippen LogP contribution in [-0.4, -0.2) is 37.6 Å². The fourth-order valence-corrected chi connectivity index (χ4v) is 2.82. The zero-order valence-corrected chi connectivity index (χ0v) is 9.55. The molecular weight excluding hydrogens is 236 g/mol. The molecule has 1 aromatic heterocycles. The molecule has 1 aromatic rings. The van der Waals surface area contributed by atoms with E-state index in [0.29, 0.717) is 18.1 Å². The van der Waals surface area contributed by atoms with Crippen LogP contribution in [0.25, 0.3) is 0 Å². The summed E-state index contributed by atoms with van der Waals surface area (Å²) in [4.78, 5) is 24.0. The van der Waals surface area contributed by atoms with E-state index in [1.54, 1.807) is 0 Å². The number of carbonyl (C=O) groups is 2. The Morgan fingerprint density at radius 2 is 2.47 bits per heavy atom. The molecule has 1 atom stereocenters. The monoisotopic (exact) mass is 244 g/mol. The number of rotatable bonds is 2. The molecule has 1 fully saturated rings.